The minimum absolute atomic E-state index is 0.0593. The molecule has 0 fully saturated rings. The maximum absolute atomic E-state index is 13.2. The fraction of sp³-hybridized carbons (Fsp3) is 0.333. The minimum Gasteiger partial charge on any atom is -0.456 e. The molecule has 0 aromatic heterocycles. The number of halogens is 9. The Labute approximate surface area is 156 Å². The summed E-state index contributed by atoms with van der Waals surface area (Å²) in [6, 6.07) is 5.35. The Kier molecular flexibility index (Phi) is 7.40. The van der Waals surface area contributed by atoms with Gasteiger partial charge in [-0.15, -0.1) is 0 Å². The summed E-state index contributed by atoms with van der Waals surface area (Å²) in [7, 11) is 0. The third-order valence-corrected chi connectivity index (χ3v) is 3.15. The first-order valence-electron chi connectivity index (χ1n) is 6.94. The molecule has 0 bridgehead atoms. The highest BCUT2D eigenvalue weighted by atomic mass is 35.5. The molecule has 4 nitrogen and oxygen atoms in total. The minimum atomic E-state index is -6.51. The zero-order valence-corrected chi connectivity index (χ0v) is 14.0. The van der Waals surface area contributed by atoms with Gasteiger partial charge in [-0.2, -0.15) is 26.3 Å². The summed E-state index contributed by atoms with van der Waals surface area (Å²) in [5.41, 5.74) is 0. The van der Waals surface area contributed by atoms with E-state index < -0.39 is 42.7 Å². The molecule has 0 spiro atoms. The Bertz CT molecular complexity index is 751. The lowest BCUT2D eigenvalue weighted by atomic mass is 10.1. The van der Waals surface area contributed by atoms with Gasteiger partial charge in [0, 0.05) is 17.2 Å². The summed E-state index contributed by atoms with van der Waals surface area (Å²) >= 11 is 5.61. The number of carbonyl (C=O) groups excluding carboxylic acids is 2. The van der Waals surface area contributed by atoms with Crippen molar-refractivity contribution in [3.05, 3.63) is 41.4 Å². The van der Waals surface area contributed by atoms with Crippen molar-refractivity contribution in [1.29, 1.82) is 0 Å². The number of carbonyl (C=O) groups is 2. The van der Waals surface area contributed by atoms with Gasteiger partial charge < -0.3 is 9.47 Å². The van der Waals surface area contributed by atoms with E-state index in [2.05, 4.69) is 9.47 Å². The Balaban J connectivity index is 2.67. The van der Waals surface area contributed by atoms with Crippen molar-refractivity contribution in [1.82, 2.24) is 0 Å². The maximum atomic E-state index is 13.2. The quantitative estimate of drug-likeness (QED) is 0.258. The lowest BCUT2D eigenvalue weighted by Crippen LogP contribution is -2.59. The monoisotopic (exact) mass is 440 g/mol. The second-order valence-electron chi connectivity index (χ2n) is 5.02. The average molecular weight is 441 g/mol. The molecular formula is C15H9ClF8O4. The molecule has 0 aliphatic heterocycles. The van der Waals surface area contributed by atoms with Crippen LogP contribution in [0.4, 0.5) is 35.1 Å². The van der Waals surface area contributed by atoms with Crippen LogP contribution >= 0.6 is 11.6 Å². The van der Waals surface area contributed by atoms with E-state index in [0.29, 0.717) is 6.08 Å². The van der Waals surface area contributed by atoms with Crippen LogP contribution in [0.1, 0.15) is 0 Å². The lowest BCUT2D eigenvalue weighted by Gasteiger charge is -2.31. The van der Waals surface area contributed by atoms with Crippen molar-refractivity contribution in [3.63, 3.8) is 0 Å². The van der Waals surface area contributed by atoms with Crippen molar-refractivity contribution in [3.8, 4) is 5.75 Å². The molecule has 0 saturated heterocycles. The largest absolute Gasteiger partial charge is 0.456 e. The number of esters is 2. The van der Waals surface area contributed by atoms with Crippen LogP contribution in [-0.4, -0.2) is 42.7 Å². The molecular weight excluding hydrogens is 432 g/mol. The number of alkyl halides is 8. The van der Waals surface area contributed by atoms with Crippen molar-refractivity contribution in [2.45, 2.75) is 24.2 Å². The first kappa shape index (κ1) is 23.7. The SMILES string of the molecule is O=C(/C=C/C(=O)Oc1cccc(Cl)c1)OCC(F)(F)C(F)(F)C(F)(F)C(F)F. The van der Waals surface area contributed by atoms with Gasteiger partial charge in [-0.1, -0.05) is 17.7 Å². The highest BCUT2D eigenvalue weighted by Crippen LogP contribution is 2.48. The molecule has 13 heteroatoms. The van der Waals surface area contributed by atoms with Gasteiger partial charge in [-0.25, -0.2) is 18.4 Å². The molecule has 156 valence electrons. The molecule has 0 radical (unpaired) electrons. The third kappa shape index (κ3) is 5.57. The standard InChI is InChI=1S/C15H9ClF8O4/c16-8-2-1-3-9(6-8)28-11(26)5-4-10(25)27-7-13(19,20)15(23,24)14(21,22)12(17)18/h1-6,12H,7H2/b5-4+. The molecule has 0 N–H and O–H groups in total. The van der Waals surface area contributed by atoms with Gasteiger partial charge in [0.25, 0.3) is 0 Å². The van der Waals surface area contributed by atoms with E-state index in [4.69, 9.17) is 11.6 Å². The highest BCUT2D eigenvalue weighted by Gasteiger charge is 2.75. The summed E-state index contributed by atoms with van der Waals surface area (Å²) in [5, 5.41) is 0.192. The maximum Gasteiger partial charge on any atom is 0.381 e. The van der Waals surface area contributed by atoms with E-state index in [1.54, 1.807) is 0 Å². The molecule has 0 atom stereocenters. The van der Waals surface area contributed by atoms with E-state index in [1.807, 2.05) is 0 Å². The Morgan fingerprint density at radius 1 is 1.04 bits per heavy atom. The summed E-state index contributed by atoms with van der Waals surface area (Å²) in [5.74, 6) is -21.8. The van der Waals surface area contributed by atoms with Crippen molar-refractivity contribution in [2.24, 2.45) is 0 Å². The normalized spacial score (nSPS) is 13.1. The van der Waals surface area contributed by atoms with Crippen molar-refractivity contribution >= 4 is 23.5 Å². The summed E-state index contributed by atoms with van der Waals surface area (Å²) in [6.45, 7) is -2.64. The van der Waals surface area contributed by atoms with E-state index in [9.17, 15) is 44.7 Å². The van der Waals surface area contributed by atoms with E-state index >= 15 is 0 Å². The molecule has 1 rings (SSSR count). The van der Waals surface area contributed by atoms with Crippen LogP contribution in [0.3, 0.4) is 0 Å². The fourth-order valence-corrected chi connectivity index (χ4v) is 1.68. The first-order valence-corrected chi connectivity index (χ1v) is 7.32. The predicted octanol–water partition coefficient (Wildman–Crippen LogP) is 4.52. The van der Waals surface area contributed by atoms with Gasteiger partial charge in [0.2, 0.25) is 0 Å². The Morgan fingerprint density at radius 2 is 1.61 bits per heavy atom. The zero-order valence-electron chi connectivity index (χ0n) is 13.3. The second kappa shape index (κ2) is 8.76. The van der Waals surface area contributed by atoms with Gasteiger partial charge in [-0.05, 0) is 18.2 Å². The Hall–Kier alpha value is -2.37. The number of ether oxygens (including phenoxy) is 2. The Morgan fingerprint density at radius 3 is 2.14 bits per heavy atom. The molecule has 0 heterocycles. The van der Waals surface area contributed by atoms with Crippen LogP contribution in [0, 0.1) is 0 Å². The first-order chi connectivity index (χ1) is 12.7. The summed E-state index contributed by atoms with van der Waals surface area (Å²) in [4.78, 5) is 22.5. The van der Waals surface area contributed by atoms with Crippen LogP contribution in [-0.2, 0) is 14.3 Å². The van der Waals surface area contributed by atoms with Gasteiger partial charge >= 0.3 is 36.1 Å². The topological polar surface area (TPSA) is 52.6 Å². The van der Waals surface area contributed by atoms with Crippen LogP contribution in [0.5, 0.6) is 5.75 Å². The number of rotatable bonds is 8. The van der Waals surface area contributed by atoms with E-state index in [1.165, 1.54) is 24.3 Å². The van der Waals surface area contributed by atoms with Gasteiger partial charge in [-0.3, -0.25) is 0 Å². The lowest BCUT2D eigenvalue weighted by molar-refractivity contribution is -0.344. The predicted molar refractivity (Wildman–Crippen MR) is 78.0 cm³/mol. The number of hydrogen-bond donors (Lipinski definition) is 0. The van der Waals surface area contributed by atoms with Crippen molar-refractivity contribution < 1.29 is 54.2 Å². The van der Waals surface area contributed by atoms with Crippen LogP contribution in [0.15, 0.2) is 36.4 Å². The smallest absolute Gasteiger partial charge is 0.381 e. The average Bonchev–Trinajstić information content (AvgIpc) is 2.57. The van der Waals surface area contributed by atoms with Gasteiger partial charge in [0.1, 0.15) is 5.75 Å². The molecule has 0 unspecified atom stereocenters. The molecule has 0 aliphatic carbocycles. The summed E-state index contributed by atoms with van der Waals surface area (Å²) < 4.78 is 110. The fourth-order valence-electron chi connectivity index (χ4n) is 1.50. The molecule has 1 aromatic carbocycles. The zero-order chi connectivity index (χ0) is 21.8. The molecule has 28 heavy (non-hydrogen) atoms. The molecule has 0 aliphatic rings. The van der Waals surface area contributed by atoms with E-state index in [-0.39, 0.29) is 16.8 Å². The van der Waals surface area contributed by atoms with Gasteiger partial charge in [0.05, 0.1) is 0 Å². The highest BCUT2D eigenvalue weighted by molar-refractivity contribution is 6.30. The summed E-state index contributed by atoms with van der Waals surface area (Å²) in [6.07, 6.45) is -4.56. The van der Waals surface area contributed by atoms with E-state index in [0.717, 1.165) is 0 Å². The van der Waals surface area contributed by atoms with Crippen LogP contribution < -0.4 is 4.74 Å². The van der Waals surface area contributed by atoms with Crippen molar-refractivity contribution in [2.75, 3.05) is 6.61 Å². The number of benzene rings is 1. The second-order valence-corrected chi connectivity index (χ2v) is 5.46. The third-order valence-electron chi connectivity index (χ3n) is 2.92. The van der Waals surface area contributed by atoms with Crippen LogP contribution in [0.2, 0.25) is 5.02 Å². The molecule has 0 saturated carbocycles. The van der Waals surface area contributed by atoms with Gasteiger partial charge in [0.15, 0.2) is 6.61 Å². The molecule has 1 aromatic rings. The molecule has 0 amide bonds. The number of hydrogen-bond acceptors (Lipinski definition) is 4. The van der Waals surface area contributed by atoms with Crippen LogP contribution in [0.25, 0.3) is 0 Å².